The number of hydrogen-bond acceptors (Lipinski definition) is 9. The molecular weight excluding hydrogens is 340 g/mol. The molecule has 2 aliphatic rings. The Kier molecular flexibility index (Phi) is 4.65. The van der Waals surface area contributed by atoms with Gasteiger partial charge in [-0.05, 0) is 12.8 Å². The lowest BCUT2D eigenvalue weighted by Gasteiger charge is -2.25. The van der Waals surface area contributed by atoms with Gasteiger partial charge in [0, 0.05) is 6.04 Å². The minimum absolute atomic E-state index is 0.229. The Hall–Kier alpha value is -2.01. The Labute approximate surface area is 150 Å². The first kappa shape index (κ1) is 17.4. The number of nitrogen functional groups attached to an aromatic ring is 1. The summed E-state index contributed by atoms with van der Waals surface area (Å²) in [7, 11) is 0. The SMILES string of the molecule is Nc1ncnc2c1nc(NC1CCCCC1)n2[C@H]1O[C@@H](CO)[C@@H](O)[C@H]1O. The standard InChI is InChI=1S/C16H24N6O4/c17-13-10-14(19-7-18-13)22(15-12(25)11(24)9(6-23)26-15)16(21-10)20-8-4-2-1-3-5-8/h7-9,11-12,15,23-25H,1-6H2,(H,20,21)(H2,17,18,19)/t9-,11+,12+,15-/m0/s1. The summed E-state index contributed by atoms with van der Waals surface area (Å²) in [5.41, 5.74) is 6.75. The lowest BCUT2D eigenvalue weighted by Crippen LogP contribution is -2.33. The van der Waals surface area contributed by atoms with Gasteiger partial charge in [0.15, 0.2) is 23.2 Å². The van der Waals surface area contributed by atoms with Crippen LogP contribution in [0.15, 0.2) is 6.33 Å². The molecule has 10 nitrogen and oxygen atoms in total. The van der Waals surface area contributed by atoms with Crippen LogP contribution in [0.4, 0.5) is 11.8 Å². The Bertz CT molecular complexity index is 777. The smallest absolute Gasteiger partial charge is 0.207 e. The lowest BCUT2D eigenvalue weighted by molar-refractivity contribution is -0.0502. The molecule has 1 saturated carbocycles. The van der Waals surface area contributed by atoms with Crippen molar-refractivity contribution >= 4 is 22.9 Å². The normalized spacial score (nSPS) is 30.1. The maximum atomic E-state index is 10.5. The summed E-state index contributed by atoms with van der Waals surface area (Å²) >= 11 is 0. The molecule has 1 saturated heterocycles. The van der Waals surface area contributed by atoms with Crippen LogP contribution in [0.3, 0.4) is 0 Å². The molecule has 10 heteroatoms. The van der Waals surface area contributed by atoms with Crippen LogP contribution >= 0.6 is 0 Å². The number of nitrogens with one attached hydrogen (secondary N) is 1. The van der Waals surface area contributed by atoms with Crippen LogP contribution in [0.25, 0.3) is 11.2 Å². The largest absolute Gasteiger partial charge is 0.394 e. The summed E-state index contributed by atoms with van der Waals surface area (Å²) in [5.74, 6) is 0.695. The number of aliphatic hydroxyl groups is 3. The van der Waals surface area contributed by atoms with Gasteiger partial charge in [-0.3, -0.25) is 4.57 Å². The van der Waals surface area contributed by atoms with Crippen molar-refractivity contribution in [1.29, 1.82) is 0 Å². The third kappa shape index (κ3) is 2.88. The highest BCUT2D eigenvalue weighted by Gasteiger charge is 2.45. The van der Waals surface area contributed by atoms with E-state index in [4.69, 9.17) is 10.5 Å². The molecule has 1 aliphatic carbocycles. The van der Waals surface area contributed by atoms with Gasteiger partial charge in [-0.1, -0.05) is 19.3 Å². The zero-order valence-corrected chi connectivity index (χ0v) is 14.3. The second kappa shape index (κ2) is 6.95. The number of ether oxygens (including phenoxy) is 1. The van der Waals surface area contributed by atoms with Crippen molar-refractivity contribution in [2.75, 3.05) is 17.7 Å². The molecule has 2 fully saturated rings. The fourth-order valence-corrected chi connectivity index (χ4v) is 3.79. The third-order valence-corrected chi connectivity index (χ3v) is 5.22. The molecule has 0 aromatic carbocycles. The first-order valence-corrected chi connectivity index (χ1v) is 8.97. The predicted octanol–water partition coefficient (Wildman–Crippen LogP) is -0.235. The van der Waals surface area contributed by atoms with Crippen LogP contribution in [-0.4, -0.2) is 65.8 Å². The maximum absolute atomic E-state index is 10.5. The Morgan fingerprint density at radius 2 is 1.96 bits per heavy atom. The van der Waals surface area contributed by atoms with E-state index in [1.807, 2.05) is 0 Å². The maximum Gasteiger partial charge on any atom is 0.207 e. The van der Waals surface area contributed by atoms with E-state index in [1.54, 1.807) is 4.57 Å². The van der Waals surface area contributed by atoms with Crippen LogP contribution in [0, 0.1) is 0 Å². The van der Waals surface area contributed by atoms with Crippen molar-refractivity contribution in [3.05, 3.63) is 6.33 Å². The summed E-state index contributed by atoms with van der Waals surface area (Å²) in [5, 5.41) is 33.4. The molecule has 0 spiro atoms. The molecule has 142 valence electrons. The minimum atomic E-state index is -1.23. The van der Waals surface area contributed by atoms with E-state index in [1.165, 1.54) is 12.7 Å². The molecule has 3 heterocycles. The molecular formula is C16H24N6O4. The average Bonchev–Trinajstić information content (AvgIpc) is 3.15. The van der Waals surface area contributed by atoms with E-state index in [0.29, 0.717) is 17.1 Å². The van der Waals surface area contributed by atoms with Crippen LogP contribution in [0.1, 0.15) is 38.3 Å². The molecule has 2 aromatic rings. The van der Waals surface area contributed by atoms with Crippen molar-refractivity contribution in [3.8, 4) is 0 Å². The van der Waals surface area contributed by atoms with Gasteiger partial charge in [0.05, 0.1) is 6.61 Å². The number of aromatic nitrogens is 4. The van der Waals surface area contributed by atoms with E-state index < -0.39 is 31.1 Å². The highest BCUT2D eigenvalue weighted by molar-refractivity contribution is 5.84. The van der Waals surface area contributed by atoms with E-state index in [0.717, 1.165) is 25.7 Å². The molecule has 4 rings (SSSR count). The summed E-state index contributed by atoms with van der Waals surface area (Å²) < 4.78 is 7.29. The van der Waals surface area contributed by atoms with E-state index >= 15 is 0 Å². The Morgan fingerprint density at radius 3 is 2.65 bits per heavy atom. The molecule has 0 bridgehead atoms. The number of rotatable bonds is 4. The summed E-state index contributed by atoms with van der Waals surface area (Å²) in [6, 6.07) is 0.255. The van der Waals surface area contributed by atoms with Crippen molar-refractivity contribution < 1.29 is 20.1 Å². The molecule has 4 atom stereocenters. The molecule has 6 N–H and O–H groups in total. The number of nitrogens with two attached hydrogens (primary N) is 1. The monoisotopic (exact) mass is 364 g/mol. The third-order valence-electron chi connectivity index (χ3n) is 5.22. The molecule has 2 aromatic heterocycles. The number of fused-ring (bicyclic) bond motifs is 1. The van der Waals surface area contributed by atoms with Crippen LogP contribution in [0.5, 0.6) is 0 Å². The minimum Gasteiger partial charge on any atom is -0.394 e. The topological polar surface area (TPSA) is 152 Å². The van der Waals surface area contributed by atoms with Gasteiger partial charge in [0.1, 0.15) is 24.6 Å². The van der Waals surface area contributed by atoms with Crippen LogP contribution < -0.4 is 11.1 Å². The molecule has 0 unspecified atom stereocenters. The number of imidazole rings is 1. The van der Waals surface area contributed by atoms with E-state index in [-0.39, 0.29) is 11.9 Å². The molecule has 0 radical (unpaired) electrons. The quantitative estimate of drug-likeness (QED) is 0.495. The zero-order valence-electron chi connectivity index (χ0n) is 14.3. The van der Waals surface area contributed by atoms with Gasteiger partial charge in [-0.15, -0.1) is 0 Å². The van der Waals surface area contributed by atoms with Crippen LogP contribution in [-0.2, 0) is 4.74 Å². The Balaban J connectivity index is 1.76. The Morgan fingerprint density at radius 1 is 1.19 bits per heavy atom. The highest BCUT2D eigenvalue weighted by atomic mass is 16.6. The summed E-state index contributed by atoms with van der Waals surface area (Å²) in [6.45, 7) is -0.399. The molecule has 0 amide bonds. The van der Waals surface area contributed by atoms with Gasteiger partial charge in [-0.2, -0.15) is 0 Å². The zero-order chi connectivity index (χ0) is 18.3. The number of anilines is 2. The fraction of sp³-hybridized carbons (Fsp3) is 0.688. The highest BCUT2D eigenvalue weighted by Crippen LogP contribution is 2.35. The van der Waals surface area contributed by atoms with E-state index in [9.17, 15) is 15.3 Å². The number of aliphatic hydroxyl groups excluding tert-OH is 3. The first-order valence-electron chi connectivity index (χ1n) is 8.97. The summed E-state index contributed by atoms with van der Waals surface area (Å²) in [6.07, 6.45) is 2.64. The lowest BCUT2D eigenvalue weighted by atomic mass is 9.96. The van der Waals surface area contributed by atoms with Crippen molar-refractivity contribution in [3.63, 3.8) is 0 Å². The van der Waals surface area contributed by atoms with Gasteiger partial charge < -0.3 is 31.1 Å². The van der Waals surface area contributed by atoms with Gasteiger partial charge in [0.25, 0.3) is 0 Å². The number of hydrogen-bond donors (Lipinski definition) is 5. The van der Waals surface area contributed by atoms with E-state index in [2.05, 4.69) is 20.3 Å². The van der Waals surface area contributed by atoms with Gasteiger partial charge in [-0.25, -0.2) is 15.0 Å². The van der Waals surface area contributed by atoms with Crippen LogP contribution in [0.2, 0.25) is 0 Å². The number of nitrogens with zero attached hydrogens (tertiary/aromatic N) is 4. The fourth-order valence-electron chi connectivity index (χ4n) is 3.79. The van der Waals surface area contributed by atoms with Crippen molar-refractivity contribution in [1.82, 2.24) is 19.5 Å². The second-order valence-electron chi connectivity index (χ2n) is 6.94. The second-order valence-corrected chi connectivity index (χ2v) is 6.94. The molecule has 1 aliphatic heterocycles. The van der Waals surface area contributed by atoms with Crippen molar-refractivity contribution in [2.45, 2.75) is 62.7 Å². The molecule has 26 heavy (non-hydrogen) atoms. The predicted molar refractivity (Wildman–Crippen MR) is 93.2 cm³/mol. The summed E-state index contributed by atoms with van der Waals surface area (Å²) in [4.78, 5) is 12.7. The van der Waals surface area contributed by atoms with Crippen molar-refractivity contribution in [2.24, 2.45) is 0 Å². The van der Waals surface area contributed by atoms with Gasteiger partial charge in [0.2, 0.25) is 5.95 Å². The first-order chi connectivity index (χ1) is 12.6. The average molecular weight is 364 g/mol. The van der Waals surface area contributed by atoms with Gasteiger partial charge >= 0.3 is 0 Å².